The fourth-order valence-corrected chi connectivity index (χ4v) is 10.3. The summed E-state index contributed by atoms with van der Waals surface area (Å²) in [5.74, 6) is 0. The molecule has 0 aliphatic heterocycles. The first-order valence-corrected chi connectivity index (χ1v) is 28.3. The van der Waals surface area contributed by atoms with Gasteiger partial charge in [0.2, 0.25) is 0 Å². The van der Waals surface area contributed by atoms with E-state index in [1.54, 1.807) is 3.33 Å². The molecule has 0 bridgehead atoms. The van der Waals surface area contributed by atoms with Gasteiger partial charge in [-0.15, -0.1) is 24.8 Å². The molecule has 0 spiro atoms. The second kappa shape index (κ2) is 2.78. The third kappa shape index (κ3) is 4.63. The molecule has 1 rings (SSSR count). The third-order valence-electron chi connectivity index (χ3n) is 2.70. The van der Waals surface area contributed by atoms with Crippen LogP contribution in [0.25, 0.3) is 0 Å². The topological polar surface area (TPSA) is 0 Å². The molecule has 0 atom stereocenters. The number of hydrogen-bond donors (Lipinski definition) is 0. The molecular formula is C11H25Cl2Hf. The van der Waals surface area contributed by atoms with Crippen LogP contribution >= 0.6 is 24.8 Å². The van der Waals surface area contributed by atoms with Gasteiger partial charge in [0.05, 0.1) is 0 Å². The zero-order valence-corrected chi connectivity index (χ0v) is 15.5. The molecule has 0 fully saturated rings. The Morgan fingerprint density at radius 1 is 0.929 bits per heavy atom. The van der Waals surface area contributed by atoms with E-state index in [-0.39, 0.29) is 24.8 Å². The normalized spacial score (nSPS) is 23.0. The summed E-state index contributed by atoms with van der Waals surface area (Å²) in [6, 6.07) is 0. The van der Waals surface area contributed by atoms with Crippen molar-refractivity contribution in [1.29, 1.82) is 0 Å². The van der Waals surface area contributed by atoms with Crippen molar-refractivity contribution in [1.82, 2.24) is 0 Å². The average Bonchev–Trinajstić information content (AvgIpc) is 1.99. The Morgan fingerprint density at radius 2 is 1.36 bits per heavy atom. The Kier molecular flexibility index (Phi) is 3.44. The van der Waals surface area contributed by atoms with Crippen LogP contribution in [0.4, 0.5) is 0 Å². The van der Waals surface area contributed by atoms with Crippen LogP contribution in [0.1, 0.15) is 6.42 Å². The molecule has 14 heavy (non-hydrogen) atoms. The summed E-state index contributed by atoms with van der Waals surface area (Å²) in [6.07, 6.45) is 8.00. The Balaban J connectivity index is 0. The molecule has 3 heteroatoms. The molecular weight excluding hydrogens is 382 g/mol. The zero-order chi connectivity index (χ0) is 9.78. The van der Waals surface area contributed by atoms with Crippen LogP contribution in [0, 0.1) is 0 Å². The van der Waals surface area contributed by atoms with Crippen LogP contribution in [0.15, 0.2) is 21.6 Å². The van der Waals surface area contributed by atoms with E-state index < -0.39 is 15.6 Å². The Hall–Kier alpha value is 0.930. The van der Waals surface area contributed by atoms with Crippen LogP contribution in [0.5, 0.6) is 0 Å². The van der Waals surface area contributed by atoms with Gasteiger partial charge in [0.1, 0.15) is 0 Å². The van der Waals surface area contributed by atoms with Crippen molar-refractivity contribution in [3.63, 3.8) is 0 Å². The van der Waals surface area contributed by atoms with Gasteiger partial charge in [-0.3, -0.25) is 0 Å². The second-order valence-corrected chi connectivity index (χ2v) is 77.3. The second-order valence-electron chi connectivity index (χ2n) is 10.3. The fourth-order valence-electron chi connectivity index (χ4n) is 1.56. The van der Waals surface area contributed by atoms with Crippen molar-refractivity contribution >= 4 is 24.8 Å². The van der Waals surface area contributed by atoms with Crippen LogP contribution in [0.3, 0.4) is 0 Å². The zero-order valence-electron chi connectivity index (χ0n) is 10.3. The summed E-state index contributed by atoms with van der Waals surface area (Å²) in [4.78, 5) is 0. The predicted molar refractivity (Wildman–Crippen MR) is 71.5 cm³/mol. The third-order valence-corrected chi connectivity index (χ3v) is 17.9. The number of rotatable bonds is 1. The van der Waals surface area contributed by atoms with Crippen LogP contribution < -0.4 is 0 Å². The maximum atomic E-state index is 2.52. The molecule has 1 aliphatic rings. The SMILES string of the molecule is Cl.Cl.[CH3][Hf]([CH3])([CH3])([CH3])([CH3])([CH3])[C]1=CC=CC1. The average molecular weight is 407 g/mol. The molecule has 1 aliphatic carbocycles. The van der Waals surface area contributed by atoms with Crippen LogP contribution in [-0.2, 0) is 15.6 Å². The van der Waals surface area contributed by atoms with Crippen molar-refractivity contribution in [2.75, 3.05) is 0 Å². The molecule has 0 radical (unpaired) electrons. The number of halogens is 2. The van der Waals surface area contributed by atoms with Crippen LogP contribution in [0.2, 0.25) is 28.1 Å². The van der Waals surface area contributed by atoms with E-state index in [0.29, 0.717) is 0 Å². The van der Waals surface area contributed by atoms with Gasteiger partial charge in [0.15, 0.2) is 0 Å². The molecule has 0 aromatic carbocycles. The molecule has 0 aromatic rings. The number of allylic oxidation sites excluding steroid dienone is 4. The van der Waals surface area contributed by atoms with Crippen molar-refractivity contribution < 1.29 is 15.6 Å². The van der Waals surface area contributed by atoms with E-state index in [4.69, 9.17) is 0 Å². The van der Waals surface area contributed by atoms with E-state index in [9.17, 15) is 0 Å². The van der Waals surface area contributed by atoms with Gasteiger partial charge in [-0.05, 0) is 0 Å². The monoisotopic (exact) mass is 407 g/mol. The van der Waals surface area contributed by atoms with E-state index in [0.717, 1.165) is 0 Å². The van der Waals surface area contributed by atoms with Gasteiger partial charge in [-0.1, -0.05) is 0 Å². The Morgan fingerprint density at radius 3 is 1.50 bits per heavy atom. The van der Waals surface area contributed by atoms with Gasteiger partial charge in [0, 0.05) is 0 Å². The van der Waals surface area contributed by atoms with Gasteiger partial charge in [-0.25, -0.2) is 0 Å². The first-order chi connectivity index (χ1) is 4.80. The molecule has 0 aromatic heterocycles. The minimum atomic E-state index is -3.42. The standard InChI is InChI=1S/C5H5.6CH3.2ClH.Hf/c1-2-4-5-3-1;;;;;;;;;/h1-3H,4H2;6*1H3;2*1H;. The van der Waals surface area contributed by atoms with Crippen molar-refractivity contribution in [2.45, 2.75) is 34.5 Å². The Labute approximate surface area is 95.7 Å². The fraction of sp³-hybridized carbons (Fsp3) is 0.636. The molecule has 0 saturated carbocycles. The summed E-state index contributed by atoms with van der Waals surface area (Å²) in [5.41, 5.74) is 0. The molecule has 0 saturated heterocycles. The molecule has 0 heterocycles. The molecule has 0 amide bonds. The molecule has 0 N–H and O–H groups in total. The van der Waals surface area contributed by atoms with E-state index in [1.165, 1.54) is 6.42 Å². The maximum absolute atomic E-state index is 3.42. The molecule has 0 unspecified atom stereocenters. The summed E-state index contributed by atoms with van der Waals surface area (Å²) in [6.45, 7) is 0. The first-order valence-electron chi connectivity index (χ1n) is 4.97. The summed E-state index contributed by atoms with van der Waals surface area (Å²) >= 11 is -3.42. The van der Waals surface area contributed by atoms with Crippen LogP contribution in [-0.4, -0.2) is 0 Å². The minimum absolute atomic E-state index is 0. The van der Waals surface area contributed by atoms with Gasteiger partial charge < -0.3 is 0 Å². The quantitative estimate of drug-likeness (QED) is 0.488. The van der Waals surface area contributed by atoms with Gasteiger partial charge in [0.25, 0.3) is 0 Å². The first kappa shape index (κ1) is 17.3. The summed E-state index contributed by atoms with van der Waals surface area (Å²) in [7, 11) is 0. The molecule has 87 valence electrons. The van der Waals surface area contributed by atoms with Gasteiger partial charge >= 0.3 is 71.6 Å². The van der Waals surface area contributed by atoms with Gasteiger partial charge in [-0.2, -0.15) is 0 Å². The number of hydrogen-bond acceptors (Lipinski definition) is 0. The van der Waals surface area contributed by atoms with E-state index >= 15 is 0 Å². The van der Waals surface area contributed by atoms with Crippen molar-refractivity contribution in [3.05, 3.63) is 21.6 Å². The summed E-state index contributed by atoms with van der Waals surface area (Å²) < 4.78 is 16.8. The van der Waals surface area contributed by atoms with Crippen molar-refractivity contribution in [2.24, 2.45) is 0 Å². The Bertz CT molecular complexity index is 288. The van der Waals surface area contributed by atoms with E-state index in [2.05, 4.69) is 46.3 Å². The molecule has 0 nitrogen and oxygen atoms in total. The predicted octanol–water partition coefficient (Wildman–Crippen LogP) is 5.72. The van der Waals surface area contributed by atoms with Crippen molar-refractivity contribution in [3.8, 4) is 0 Å². The summed E-state index contributed by atoms with van der Waals surface area (Å²) in [5, 5.41) is 0. The van der Waals surface area contributed by atoms with E-state index in [1.807, 2.05) is 0 Å².